The second-order valence-electron chi connectivity index (χ2n) is 4.22. The van der Waals surface area contributed by atoms with Crippen molar-refractivity contribution in [3.05, 3.63) is 0 Å². The Labute approximate surface area is 69.8 Å². The van der Waals surface area contributed by atoms with E-state index in [0.717, 1.165) is 11.8 Å². The molecule has 0 aliphatic heterocycles. The zero-order valence-corrected chi connectivity index (χ0v) is 7.88. The molecule has 66 valence electrons. The van der Waals surface area contributed by atoms with Gasteiger partial charge >= 0.3 is 0 Å². The summed E-state index contributed by atoms with van der Waals surface area (Å²) in [6.07, 6.45) is 2.53. The molecule has 1 fully saturated rings. The highest BCUT2D eigenvalue weighted by Crippen LogP contribution is 2.37. The molecule has 4 atom stereocenters. The van der Waals surface area contributed by atoms with E-state index in [9.17, 15) is 0 Å². The van der Waals surface area contributed by atoms with Crippen LogP contribution in [0.15, 0.2) is 0 Å². The third-order valence-corrected chi connectivity index (χ3v) is 3.70. The van der Waals surface area contributed by atoms with Gasteiger partial charge in [-0.05, 0) is 30.1 Å². The Bertz CT molecular complexity index is 120. The van der Waals surface area contributed by atoms with Crippen molar-refractivity contribution in [1.29, 1.82) is 0 Å². The summed E-state index contributed by atoms with van der Waals surface area (Å²) >= 11 is 0. The second-order valence-corrected chi connectivity index (χ2v) is 4.22. The van der Waals surface area contributed by atoms with Gasteiger partial charge in [-0.15, -0.1) is 0 Å². The summed E-state index contributed by atoms with van der Waals surface area (Å²) in [5.74, 6) is 2.93. The molecule has 0 spiro atoms. The lowest BCUT2D eigenvalue weighted by Crippen LogP contribution is -2.31. The van der Waals surface area contributed by atoms with Gasteiger partial charge < -0.3 is 5.11 Å². The predicted octanol–water partition coefficient (Wildman–Crippen LogP) is 2.30. The molecular weight excluding hydrogens is 136 g/mol. The Morgan fingerprint density at radius 3 is 2.27 bits per heavy atom. The van der Waals surface area contributed by atoms with Crippen molar-refractivity contribution in [2.24, 2.45) is 23.7 Å². The first-order valence-corrected chi connectivity index (χ1v) is 4.77. The molecule has 1 N–H and O–H groups in total. The molecule has 1 rings (SSSR count). The van der Waals surface area contributed by atoms with Crippen LogP contribution in [0.2, 0.25) is 0 Å². The number of hydrogen-bond acceptors (Lipinski definition) is 1. The fourth-order valence-corrected chi connectivity index (χ4v) is 2.21. The first-order chi connectivity index (χ1) is 5.16. The van der Waals surface area contributed by atoms with Crippen LogP contribution in [0.5, 0.6) is 0 Å². The fraction of sp³-hybridized carbons (Fsp3) is 1.00. The zero-order valence-electron chi connectivity index (χ0n) is 7.88. The van der Waals surface area contributed by atoms with Crippen LogP contribution in [0.1, 0.15) is 33.6 Å². The molecule has 1 heteroatoms. The second kappa shape index (κ2) is 3.57. The third kappa shape index (κ3) is 1.76. The van der Waals surface area contributed by atoms with E-state index >= 15 is 0 Å². The van der Waals surface area contributed by atoms with Gasteiger partial charge in [-0.1, -0.05) is 27.2 Å². The summed E-state index contributed by atoms with van der Waals surface area (Å²) in [6, 6.07) is 0. The summed E-state index contributed by atoms with van der Waals surface area (Å²) in [5.41, 5.74) is 0. The molecule has 1 nitrogen and oxygen atoms in total. The minimum Gasteiger partial charge on any atom is -0.396 e. The Kier molecular flexibility index (Phi) is 2.94. The lowest BCUT2D eigenvalue weighted by atomic mass is 9.69. The maximum absolute atomic E-state index is 9.07. The highest BCUT2D eigenvalue weighted by atomic mass is 16.3. The van der Waals surface area contributed by atoms with E-state index < -0.39 is 0 Å². The monoisotopic (exact) mass is 156 g/mol. The smallest absolute Gasteiger partial charge is 0.0461 e. The molecule has 1 aliphatic rings. The largest absolute Gasteiger partial charge is 0.396 e. The van der Waals surface area contributed by atoms with E-state index in [-0.39, 0.29) is 0 Å². The Morgan fingerprint density at radius 1 is 1.09 bits per heavy atom. The van der Waals surface area contributed by atoms with Gasteiger partial charge in [0, 0.05) is 6.61 Å². The van der Waals surface area contributed by atoms with Gasteiger partial charge in [0.2, 0.25) is 0 Å². The fourth-order valence-electron chi connectivity index (χ4n) is 2.21. The molecule has 0 saturated heterocycles. The van der Waals surface area contributed by atoms with Gasteiger partial charge in [0.25, 0.3) is 0 Å². The van der Waals surface area contributed by atoms with E-state index in [1.54, 1.807) is 0 Å². The minimum atomic E-state index is 0.387. The summed E-state index contributed by atoms with van der Waals surface area (Å²) in [5, 5.41) is 9.07. The van der Waals surface area contributed by atoms with Crippen LogP contribution >= 0.6 is 0 Å². The predicted molar refractivity (Wildman–Crippen MR) is 47.3 cm³/mol. The van der Waals surface area contributed by atoms with Crippen molar-refractivity contribution in [3.8, 4) is 0 Å². The Morgan fingerprint density at radius 2 is 1.73 bits per heavy atom. The molecule has 0 bridgehead atoms. The number of aliphatic hydroxyl groups excluding tert-OH is 1. The molecule has 11 heavy (non-hydrogen) atoms. The van der Waals surface area contributed by atoms with Gasteiger partial charge in [-0.25, -0.2) is 0 Å². The molecule has 1 aliphatic carbocycles. The van der Waals surface area contributed by atoms with Crippen molar-refractivity contribution in [2.75, 3.05) is 6.61 Å². The lowest BCUT2D eigenvalue weighted by molar-refractivity contribution is 0.0758. The van der Waals surface area contributed by atoms with Crippen molar-refractivity contribution in [3.63, 3.8) is 0 Å². The van der Waals surface area contributed by atoms with Crippen molar-refractivity contribution in [2.45, 2.75) is 33.6 Å². The number of hydrogen-bond donors (Lipinski definition) is 1. The maximum atomic E-state index is 9.07. The molecule has 0 amide bonds. The summed E-state index contributed by atoms with van der Waals surface area (Å²) < 4.78 is 0. The van der Waals surface area contributed by atoms with Gasteiger partial charge in [0.05, 0.1) is 0 Å². The van der Waals surface area contributed by atoms with Crippen molar-refractivity contribution < 1.29 is 5.11 Å². The quantitative estimate of drug-likeness (QED) is 0.617. The highest BCUT2D eigenvalue weighted by Gasteiger charge is 2.30. The summed E-state index contributed by atoms with van der Waals surface area (Å²) in [6.45, 7) is 7.31. The van der Waals surface area contributed by atoms with E-state index in [1.807, 2.05) is 0 Å². The lowest BCUT2D eigenvalue weighted by Gasteiger charge is -2.37. The SMILES string of the molecule is CC1CCC(CO)C(C)C1C. The normalized spacial score (nSPS) is 45.8. The first kappa shape index (κ1) is 9.05. The third-order valence-electron chi connectivity index (χ3n) is 3.70. The molecular formula is C10H20O. The van der Waals surface area contributed by atoms with Gasteiger partial charge in [0.15, 0.2) is 0 Å². The molecule has 1 saturated carbocycles. The molecule has 0 aromatic rings. The molecule has 4 unspecified atom stereocenters. The Hall–Kier alpha value is -0.0400. The van der Waals surface area contributed by atoms with Gasteiger partial charge in [0.1, 0.15) is 0 Å². The number of aliphatic hydroxyl groups is 1. The van der Waals surface area contributed by atoms with Crippen molar-refractivity contribution >= 4 is 0 Å². The van der Waals surface area contributed by atoms with Crippen LogP contribution in [0, 0.1) is 23.7 Å². The summed E-state index contributed by atoms with van der Waals surface area (Å²) in [4.78, 5) is 0. The Balaban J connectivity index is 2.52. The van der Waals surface area contributed by atoms with E-state index in [2.05, 4.69) is 20.8 Å². The van der Waals surface area contributed by atoms with E-state index in [1.165, 1.54) is 12.8 Å². The van der Waals surface area contributed by atoms with Crippen LogP contribution in [-0.4, -0.2) is 11.7 Å². The molecule has 0 aromatic carbocycles. The summed E-state index contributed by atoms with van der Waals surface area (Å²) in [7, 11) is 0. The topological polar surface area (TPSA) is 20.2 Å². The average Bonchev–Trinajstić information content (AvgIpc) is 2.01. The minimum absolute atomic E-state index is 0.387. The van der Waals surface area contributed by atoms with Crippen LogP contribution in [0.3, 0.4) is 0 Å². The maximum Gasteiger partial charge on any atom is 0.0461 e. The standard InChI is InChI=1S/C10H20O/c1-7-4-5-10(6-11)9(3)8(7)2/h7-11H,4-6H2,1-3H3. The van der Waals surface area contributed by atoms with Gasteiger partial charge in [-0.3, -0.25) is 0 Å². The highest BCUT2D eigenvalue weighted by molar-refractivity contribution is 4.80. The first-order valence-electron chi connectivity index (χ1n) is 4.77. The molecule has 0 heterocycles. The zero-order chi connectivity index (χ0) is 8.43. The van der Waals surface area contributed by atoms with Crippen LogP contribution in [0.4, 0.5) is 0 Å². The average molecular weight is 156 g/mol. The van der Waals surface area contributed by atoms with Crippen LogP contribution < -0.4 is 0 Å². The van der Waals surface area contributed by atoms with Crippen LogP contribution in [0.25, 0.3) is 0 Å². The van der Waals surface area contributed by atoms with E-state index in [0.29, 0.717) is 18.4 Å². The van der Waals surface area contributed by atoms with Crippen LogP contribution in [-0.2, 0) is 0 Å². The van der Waals surface area contributed by atoms with E-state index in [4.69, 9.17) is 5.11 Å². The molecule has 0 radical (unpaired) electrons. The van der Waals surface area contributed by atoms with Crippen molar-refractivity contribution in [1.82, 2.24) is 0 Å². The molecule has 0 aromatic heterocycles. The number of rotatable bonds is 1. The van der Waals surface area contributed by atoms with Gasteiger partial charge in [-0.2, -0.15) is 0 Å².